The normalized spacial score (nSPS) is 11.1. The monoisotopic (exact) mass is 270 g/mol. The summed E-state index contributed by atoms with van der Waals surface area (Å²) < 4.78 is 3.55. The minimum Gasteiger partial charge on any atom is -0.476 e. The summed E-state index contributed by atoms with van der Waals surface area (Å²) in [6.45, 7) is 0.618. The number of nitrogens with zero attached hydrogens (tertiary/aromatic N) is 4. The lowest BCUT2D eigenvalue weighted by Gasteiger charge is -2.04. The molecule has 0 atom stereocenters. The first-order valence-corrected chi connectivity index (χ1v) is 6.32. The molecule has 3 rings (SSSR count). The lowest BCUT2D eigenvalue weighted by Crippen LogP contribution is -2.08. The van der Waals surface area contributed by atoms with Crippen molar-refractivity contribution in [2.45, 2.75) is 13.0 Å². The van der Waals surface area contributed by atoms with Gasteiger partial charge < -0.3 is 5.11 Å². The zero-order valence-electron chi connectivity index (χ0n) is 11.0. The molecule has 0 aliphatic heterocycles. The second-order valence-electron chi connectivity index (χ2n) is 4.59. The van der Waals surface area contributed by atoms with Crippen molar-refractivity contribution < 1.29 is 9.90 Å². The third kappa shape index (κ3) is 2.05. The zero-order valence-corrected chi connectivity index (χ0v) is 11.0. The van der Waals surface area contributed by atoms with E-state index < -0.39 is 5.97 Å². The van der Waals surface area contributed by atoms with Crippen molar-refractivity contribution in [2.24, 2.45) is 7.05 Å². The minimum atomic E-state index is -1.000. The highest BCUT2D eigenvalue weighted by molar-refractivity contribution is 6.01. The average molecular weight is 270 g/mol. The topological polar surface area (TPSA) is 72.9 Å². The summed E-state index contributed by atoms with van der Waals surface area (Å²) in [4.78, 5) is 11.2. The van der Waals surface area contributed by atoms with Gasteiger partial charge in [-0.25, -0.2) is 4.79 Å². The number of rotatable bonds is 4. The van der Waals surface area contributed by atoms with Crippen LogP contribution in [-0.4, -0.2) is 30.6 Å². The number of carbonyl (C=O) groups is 1. The van der Waals surface area contributed by atoms with E-state index in [0.29, 0.717) is 11.9 Å². The largest absolute Gasteiger partial charge is 0.476 e. The van der Waals surface area contributed by atoms with Crippen molar-refractivity contribution in [3.05, 3.63) is 47.9 Å². The molecule has 0 radical (unpaired) electrons. The van der Waals surface area contributed by atoms with Gasteiger partial charge in [-0.2, -0.15) is 10.2 Å². The number of benzene rings is 1. The molecule has 6 heteroatoms. The Labute approximate surface area is 115 Å². The molecule has 2 aromatic heterocycles. The van der Waals surface area contributed by atoms with Crippen LogP contribution in [0.3, 0.4) is 0 Å². The molecular formula is C14H14N4O2. The van der Waals surface area contributed by atoms with Crippen LogP contribution < -0.4 is 0 Å². The predicted molar refractivity (Wildman–Crippen MR) is 73.6 cm³/mol. The molecule has 0 saturated heterocycles. The van der Waals surface area contributed by atoms with E-state index in [1.807, 2.05) is 36.0 Å². The van der Waals surface area contributed by atoms with Crippen LogP contribution >= 0.6 is 0 Å². The fraction of sp³-hybridized carbons (Fsp3) is 0.214. The Morgan fingerprint density at radius 2 is 2.10 bits per heavy atom. The van der Waals surface area contributed by atoms with Crippen LogP contribution in [-0.2, 0) is 20.0 Å². The number of aromatic carboxylic acids is 1. The number of hydrogen-bond donors (Lipinski definition) is 1. The maximum atomic E-state index is 11.2. The molecule has 0 unspecified atom stereocenters. The first-order chi connectivity index (χ1) is 9.66. The molecule has 0 spiro atoms. The maximum absolute atomic E-state index is 11.2. The van der Waals surface area contributed by atoms with Crippen LogP contribution in [0.15, 0.2) is 36.5 Å². The van der Waals surface area contributed by atoms with E-state index in [4.69, 9.17) is 0 Å². The molecule has 20 heavy (non-hydrogen) atoms. The van der Waals surface area contributed by atoms with Gasteiger partial charge in [0.25, 0.3) is 0 Å². The molecule has 0 fully saturated rings. The van der Waals surface area contributed by atoms with Crippen LogP contribution in [0.2, 0.25) is 0 Å². The van der Waals surface area contributed by atoms with Crippen molar-refractivity contribution in [3.63, 3.8) is 0 Å². The number of aryl methyl sites for hydroxylation is 3. The number of aromatic nitrogens is 4. The Balaban J connectivity index is 1.95. The van der Waals surface area contributed by atoms with Crippen LogP contribution in [0.25, 0.3) is 10.9 Å². The van der Waals surface area contributed by atoms with E-state index >= 15 is 0 Å². The predicted octanol–water partition coefficient (Wildman–Crippen LogP) is 1.71. The highest BCUT2D eigenvalue weighted by atomic mass is 16.4. The van der Waals surface area contributed by atoms with E-state index in [-0.39, 0.29) is 5.69 Å². The lowest BCUT2D eigenvalue weighted by atomic mass is 10.2. The minimum absolute atomic E-state index is 0.102. The number of carboxylic acid groups (broad SMARTS) is 1. The lowest BCUT2D eigenvalue weighted by molar-refractivity contribution is 0.0691. The first kappa shape index (κ1) is 12.4. The molecular weight excluding hydrogens is 256 g/mol. The van der Waals surface area contributed by atoms with E-state index in [1.165, 1.54) is 0 Å². The smallest absolute Gasteiger partial charge is 0.357 e. The van der Waals surface area contributed by atoms with Crippen LogP contribution in [0.1, 0.15) is 16.2 Å². The molecule has 2 heterocycles. The Morgan fingerprint density at radius 1 is 1.30 bits per heavy atom. The third-order valence-electron chi connectivity index (χ3n) is 3.36. The zero-order chi connectivity index (χ0) is 14.1. The summed E-state index contributed by atoms with van der Waals surface area (Å²) in [5.41, 5.74) is 2.03. The summed E-state index contributed by atoms with van der Waals surface area (Å²) >= 11 is 0. The summed E-state index contributed by atoms with van der Waals surface area (Å²) in [5.74, 6) is -1.000. The van der Waals surface area contributed by atoms with Gasteiger partial charge in [-0.3, -0.25) is 9.36 Å². The van der Waals surface area contributed by atoms with Gasteiger partial charge in [0.05, 0.1) is 5.52 Å². The highest BCUT2D eigenvalue weighted by Gasteiger charge is 2.15. The van der Waals surface area contributed by atoms with Gasteiger partial charge in [0.15, 0.2) is 5.69 Å². The molecule has 0 amide bonds. The molecule has 0 aliphatic carbocycles. The van der Waals surface area contributed by atoms with Crippen LogP contribution in [0, 0.1) is 0 Å². The summed E-state index contributed by atoms with van der Waals surface area (Å²) in [6, 6.07) is 9.33. The number of fused-ring (bicyclic) bond motifs is 1. The maximum Gasteiger partial charge on any atom is 0.357 e. The Morgan fingerprint density at radius 3 is 2.80 bits per heavy atom. The first-order valence-electron chi connectivity index (χ1n) is 6.32. The van der Waals surface area contributed by atoms with Crippen molar-refractivity contribution in [1.82, 2.24) is 19.6 Å². The van der Waals surface area contributed by atoms with Crippen molar-refractivity contribution in [3.8, 4) is 0 Å². The van der Waals surface area contributed by atoms with Crippen molar-refractivity contribution in [2.75, 3.05) is 0 Å². The second kappa shape index (κ2) is 4.80. The van der Waals surface area contributed by atoms with Crippen molar-refractivity contribution in [1.29, 1.82) is 0 Å². The van der Waals surface area contributed by atoms with Gasteiger partial charge in [0.2, 0.25) is 0 Å². The third-order valence-corrected chi connectivity index (χ3v) is 3.36. The summed E-state index contributed by atoms with van der Waals surface area (Å²) in [6.07, 6.45) is 2.50. The van der Waals surface area contributed by atoms with Gasteiger partial charge in [-0.05, 0) is 12.1 Å². The van der Waals surface area contributed by atoms with Crippen LogP contribution in [0.5, 0.6) is 0 Å². The molecule has 6 nitrogen and oxygen atoms in total. The number of hydrogen-bond acceptors (Lipinski definition) is 3. The number of carboxylic acids is 1. The highest BCUT2D eigenvalue weighted by Crippen LogP contribution is 2.18. The fourth-order valence-corrected chi connectivity index (χ4v) is 2.32. The van der Waals surface area contributed by atoms with E-state index in [1.54, 1.807) is 16.9 Å². The second-order valence-corrected chi connectivity index (χ2v) is 4.59. The van der Waals surface area contributed by atoms with E-state index in [9.17, 15) is 9.90 Å². The van der Waals surface area contributed by atoms with Gasteiger partial charge in [0, 0.05) is 37.3 Å². The molecule has 0 aliphatic rings. The van der Waals surface area contributed by atoms with Gasteiger partial charge in [-0.1, -0.05) is 18.2 Å². The molecule has 0 bridgehead atoms. The van der Waals surface area contributed by atoms with E-state index in [2.05, 4.69) is 10.2 Å². The molecule has 3 aromatic rings. The molecule has 0 saturated carbocycles. The number of para-hydroxylation sites is 1. The van der Waals surface area contributed by atoms with Gasteiger partial charge >= 0.3 is 5.97 Å². The summed E-state index contributed by atoms with van der Waals surface area (Å²) in [7, 11) is 1.89. The van der Waals surface area contributed by atoms with Gasteiger partial charge in [0.1, 0.15) is 0 Å². The van der Waals surface area contributed by atoms with E-state index in [0.717, 1.165) is 17.6 Å². The average Bonchev–Trinajstić information content (AvgIpc) is 3.00. The van der Waals surface area contributed by atoms with Gasteiger partial charge in [-0.15, -0.1) is 0 Å². The van der Waals surface area contributed by atoms with Crippen LogP contribution in [0.4, 0.5) is 0 Å². The quantitative estimate of drug-likeness (QED) is 0.783. The SMILES string of the molecule is Cn1nccc1CCn1nc(C(=O)O)c2ccccc21. The Bertz CT molecular complexity index is 772. The molecule has 1 aromatic carbocycles. The molecule has 102 valence electrons. The van der Waals surface area contributed by atoms with Crippen molar-refractivity contribution >= 4 is 16.9 Å². The Hall–Kier alpha value is -2.63. The summed E-state index contributed by atoms with van der Waals surface area (Å²) in [5, 5.41) is 18.2. The molecule has 1 N–H and O–H groups in total. The fourth-order valence-electron chi connectivity index (χ4n) is 2.32. The Kier molecular flexibility index (Phi) is 2.98. The standard InChI is InChI=1S/C14H14N4O2/c1-17-10(6-8-15-17)7-9-18-12-5-3-2-4-11(12)13(16-18)14(19)20/h2-6,8H,7,9H2,1H3,(H,19,20).